The minimum atomic E-state index is -0.184. The molecule has 2 aliphatic rings. The smallest absolute Gasteiger partial charge is 0.226 e. The van der Waals surface area contributed by atoms with E-state index in [0.717, 1.165) is 18.8 Å². The Balaban J connectivity index is 1.44. The van der Waals surface area contributed by atoms with Gasteiger partial charge in [-0.1, -0.05) is 24.3 Å². The first-order valence-corrected chi connectivity index (χ1v) is 9.02. The largest absolute Gasteiger partial charge is 0.366 e. The van der Waals surface area contributed by atoms with Gasteiger partial charge in [0.1, 0.15) is 12.4 Å². The maximum absolute atomic E-state index is 13.0. The van der Waals surface area contributed by atoms with Crippen LogP contribution < -0.4 is 0 Å². The van der Waals surface area contributed by atoms with Crippen LogP contribution in [0.2, 0.25) is 0 Å². The zero-order valence-corrected chi connectivity index (χ0v) is 14.8. The Kier molecular flexibility index (Phi) is 4.29. The Morgan fingerprint density at radius 1 is 1.36 bits per heavy atom. The molecule has 1 aromatic carbocycles. The van der Waals surface area contributed by atoms with E-state index in [0.29, 0.717) is 25.6 Å². The van der Waals surface area contributed by atoms with E-state index in [2.05, 4.69) is 48.3 Å². The molecule has 0 bridgehead atoms. The lowest BCUT2D eigenvalue weighted by atomic mass is 10.0. The van der Waals surface area contributed by atoms with Gasteiger partial charge in [-0.15, -0.1) is 10.2 Å². The number of hydrogen-bond acceptors (Lipinski definition) is 4. The van der Waals surface area contributed by atoms with Crippen LogP contribution in [-0.4, -0.2) is 45.3 Å². The lowest BCUT2D eigenvalue weighted by molar-refractivity contribution is -0.140. The van der Waals surface area contributed by atoms with Crippen molar-refractivity contribution in [2.75, 3.05) is 19.7 Å². The summed E-state index contributed by atoms with van der Waals surface area (Å²) in [5.74, 6) is 1.55. The van der Waals surface area contributed by atoms with Crippen LogP contribution in [0.15, 0.2) is 30.6 Å². The number of benzene rings is 1. The molecule has 0 unspecified atom stereocenters. The number of ether oxygens (including phenoxy) is 1. The quantitative estimate of drug-likeness (QED) is 0.857. The first kappa shape index (κ1) is 16.3. The van der Waals surface area contributed by atoms with E-state index in [-0.39, 0.29) is 17.9 Å². The van der Waals surface area contributed by atoms with E-state index in [1.54, 1.807) is 6.33 Å². The van der Waals surface area contributed by atoms with Gasteiger partial charge in [0.15, 0.2) is 5.82 Å². The number of rotatable bonds is 4. The highest BCUT2D eigenvalue weighted by molar-refractivity contribution is 5.83. The van der Waals surface area contributed by atoms with Gasteiger partial charge in [0.25, 0.3) is 0 Å². The summed E-state index contributed by atoms with van der Waals surface area (Å²) >= 11 is 0. The molecule has 2 heterocycles. The third kappa shape index (κ3) is 3.06. The number of carbonyl (C=O) groups excluding carboxylic acids is 1. The van der Waals surface area contributed by atoms with E-state index < -0.39 is 0 Å². The molecule has 0 spiro atoms. The molecule has 0 N–H and O–H groups in total. The number of hydrogen-bond donors (Lipinski definition) is 0. The highest BCUT2D eigenvalue weighted by Gasteiger charge is 2.47. The third-order valence-corrected chi connectivity index (χ3v) is 5.35. The third-order valence-electron chi connectivity index (χ3n) is 5.35. The number of amides is 1. The highest BCUT2D eigenvalue weighted by atomic mass is 16.5. The molecule has 1 amide bonds. The molecule has 6 heteroatoms. The van der Waals surface area contributed by atoms with E-state index in [1.807, 2.05) is 9.47 Å². The van der Waals surface area contributed by atoms with Crippen molar-refractivity contribution < 1.29 is 9.53 Å². The van der Waals surface area contributed by atoms with Gasteiger partial charge in [-0.25, -0.2) is 0 Å². The van der Waals surface area contributed by atoms with E-state index in [1.165, 1.54) is 11.1 Å². The van der Waals surface area contributed by atoms with Crippen molar-refractivity contribution >= 4 is 5.91 Å². The first-order valence-electron chi connectivity index (χ1n) is 9.02. The van der Waals surface area contributed by atoms with E-state index in [9.17, 15) is 4.79 Å². The molecule has 1 aliphatic heterocycles. The average molecular weight is 340 g/mol. The van der Waals surface area contributed by atoms with Crippen LogP contribution in [0.25, 0.3) is 0 Å². The Hall–Kier alpha value is -2.21. The van der Waals surface area contributed by atoms with Gasteiger partial charge in [0.05, 0.1) is 13.2 Å². The molecule has 132 valence electrons. The maximum atomic E-state index is 13.0. The summed E-state index contributed by atoms with van der Waals surface area (Å²) in [6.07, 6.45) is 2.49. The molecular weight excluding hydrogens is 316 g/mol. The Bertz CT molecular complexity index is 772. The van der Waals surface area contributed by atoms with Crippen LogP contribution in [0.3, 0.4) is 0 Å². The molecule has 2 aromatic rings. The first-order chi connectivity index (χ1) is 12.2. The van der Waals surface area contributed by atoms with Crippen LogP contribution in [-0.2, 0) is 16.1 Å². The number of carbonyl (C=O) groups is 1. The van der Waals surface area contributed by atoms with Crippen molar-refractivity contribution in [2.24, 2.45) is 5.92 Å². The molecule has 0 radical (unpaired) electrons. The van der Waals surface area contributed by atoms with Crippen LogP contribution in [0.1, 0.15) is 42.3 Å². The second-order valence-electron chi connectivity index (χ2n) is 6.92. The fourth-order valence-electron chi connectivity index (χ4n) is 3.81. The Labute approximate surface area is 147 Å². The molecule has 1 aliphatic carbocycles. The minimum Gasteiger partial charge on any atom is -0.366 e. The van der Waals surface area contributed by atoms with Gasteiger partial charge in [-0.05, 0) is 37.3 Å². The second kappa shape index (κ2) is 6.59. The summed E-state index contributed by atoms with van der Waals surface area (Å²) in [6.45, 7) is 6.75. The van der Waals surface area contributed by atoms with Crippen molar-refractivity contribution in [3.8, 4) is 0 Å². The van der Waals surface area contributed by atoms with Crippen molar-refractivity contribution in [3.05, 3.63) is 47.5 Å². The maximum Gasteiger partial charge on any atom is 0.226 e. The summed E-state index contributed by atoms with van der Waals surface area (Å²) in [6, 6.07) is 8.38. The Morgan fingerprint density at radius 2 is 2.20 bits per heavy atom. The predicted molar refractivity (Wildman–Crippen MR) is 93.0 cm³/mol. The SMILES string of the molecule is CCn1cnnc1[C@@H]1CN(C(=O)[C@H]2C[C@@H]2c2ccccc2C)CCO1. The topological polar surface area (TPSA) is 60.2 Å². The highest BCUT2D eigenvalue weighted by Crippen LogP contribution is 2.49. The fourth-order valence-corrected chi connectivity index (χ4v) is 3.81. The normalized spacial score (nSPS) is 25.8. The van der Waals surface area contributed by atoms with Crippen LogP contribution >= 0.6 is 0 Å². The minimum absolute atomic E-state index is 0.115. The van der Waals surface area contributed by atoms with Gasteiger partial charge in [-0.3, -0.25) is 4.79 Å². The van der Waals surface area contributed by atoms with Gasteiger partial charge in [0.2, 0.25) is 5.91 Å². The molecule has 3 atom stereocenters. The number of aryl methyl sites for hydroxylation is 2. The van der Waals surface area contributed by atoms with Gasteiger partial charge in [-0.2, -0.15) is 0 Å². The van der Waals surface area contributed by atoms with Crippen molar-refractivity contribution in [3.63, 3.8) is 0 Å². The fraction of sp³-hybridized carbons (Fsp3) is 0.526. The summed E-state index contributed by atoms with van der Waals surface area (Å²) < 4.78 is 7.84. The molecule has 25 heavy (non-hydrogen) atoms. The van der Waals surface area contributed by atoms with Crippen LogP contribution in [0, 0.1) is 12.8 Å². The lowest BCUT2D eigenvalue weighted by Gasteiger charge is -2.32. The lowest BCUT2D eigenvalue weighted by Crippen LogP contribution is -2.43. The van der Waals surface area contributed by atoms with Crippen LogP contribution in [0.4, 0.5) is 0 Å². The average Bonchev–Trinajstić information content (AvgIpc) is 3.29. The summed E-state index contributed by atoms with van der Waals surface area (Å²) in [7, 11) is 0. The molecule has 1 aromatic heterocycles. The van der Waals surface area contributed by atoms with Gasteiger partial charge >= 0.3 is 0 Å². The van der Waals surface area contributed by atoms with Gasteiger partial charge < -0.3 is 14.2 Å². The monoisotopic (exact) mass is 340 g/mol. The number of aromatic nitrogens is 3. The van der Waals surface area contributed by atoms with Crippen molar-refractivity contribution in [1.29, 1.82) is 0 Å². The second-order valence-corrected chi connectivity index (χ2v) is 6.92. The van der Waals surface area contributed by atoms with Crippen molar-refractivity contribution in [1.82, 2.24) is 19.7 Å². The summed E-state index contributed by atoms with van der Waals surface area (Å²) in [5.41, 5.74) is 2.59. The van der Waals surface area contributed by atoms with E-state index >= 15 is 0 Å². The standard InChI is InChI=1S/C19H24N4O2/c1-3-22-12-20-21-18(22)17-11-23(8-9-25-17)19(24)16-10-15(16)14-7-5-4-6-13(14)2/h4-7,12,15-17H,3,8-11H2,1-2H3/t15-,16+,17+/m1/s1. The molecule has 6 nitrogen and oxygen atoms in total. The molecule has 2 fully saturated rings. The molecular formula is C19H24N4O2. The van der Waals surface area contributed by atoms with Gasteiger partial charge in [0, 0.05) is 19.0 Å². The zero-order chi connectivity index (χ0) is 17.4. The van der Waals surface area contributed by atoms with Crippen LogP contribution in [0.5, 0.6) is 0 Å². The summed E-state index contributed by atoms with van der Waals surface area (Å²) in [5, 5.41) is 8.17. The van der Waals surface area contributed by atoms with Crippen molar-refractivity contribution in [2.45, 2.75) is 38.8 Å². The summed E-state index contributed by atoms with van der Waals surface area (Å²) in [4.78, 5) is 14.9. The zero-order valence-electron chi connectivity index (χ0n) is 14.8. The number of nitrogens with zero attached hydrogens (tertiary/aromatic N) is 4. The van der Waals surface area contributed by atoms with E-state index in [4.69, 9.17) is 4.74 Å². The Morgan fingerprint density at radius 3 is 3.00 bits per heavy atom. The molecule has 4 rings (SSSR count). The number of morpholine rings is 1. The molecule has 1 saturated carbocycles. The molecule has 1 saturated heterocycles. The predicted octanol–water partition coefficient (Wildman–Crippen LogP) is 2.31.